The van der Waals surface area contributed by atoms with Crippen molar-refractivity contribution in [2.45, 2.75) is 20.4 Å². The van der Waals surface area contributed by atoms with Gasteiger partial charge in [0, 0.05) is 17.6 Å². The van der Waals surface area contributed by atoms with Gasteiger partial charge in [-0.15, -0.1) is 0 Å². The molecule has 0 fully saturated rings. The zero-order valence-electron chi connectivity index (χ0n) is 18.7. The predicted octanol–water partition coefficient (Wildman–Crippen LogP) is 5.79. The number of fused-ring (bicyclic) bond motifs is 1. The summed E-state index contributed by atoms with van der Waals surface area (Å²) in [6, 6.07) is 24.9. The first kappa shape index (κ1) is 22.1. The maximum Gasteiger partial charge on any atom is 0.357 e. The molecular formula is C27H26N2O4. The van der Waals surface area contributed by atoms with Gasteiger partial charge in [-0.05, 0) is 49.7 Å². The summed E-state index contributed by atoms with van der Waals surface area (Å²) >= 11 is 0. The van der Waals surface area contributed by atoms with Crippen molar-refractivity contribution >= 4 is 34.2 Å². The van der Waals surface area contributed by atoms with E-state index in [1.54, 1.807) is 38.1 Å². The SMILES string of the molecule is CCOC(=O)c1ccc(Nc2c(C(=O)OCC)n(Cc3ccccc3)c3ccccc23)cc1. The van der Waals surface area contributed by atoms with Crippen LogP contribution in [0, 0.1) is 0 Å². The largest absolute Gasteiger partial charge is 0.462 e. The van der Waals surface area contributed by atoms with Crippen LogP contribution in [0.4, 0.5) is 11.4 Å². The van der Waals surface area contributed by atoms with Gasteiger partial charge in [0.25, 0.3) is 0 Å². The molecule has 0 saturated heterocycles. The molecule has 6 heteroatoms. The average molecular weight is 443 g/mol. The molecule has 0 radical (unpaired) electrons. The van der Waals surface area contributed by atoms with Crippen LogP contribution in [-0.2, 0) is 16.0 Å². The number of carbonyl (C=O) groups excluding carboxylic acids is 2. The Bertz CT molecular complexity index is 1260. The number of hydrogen-bond acceptors (Lipinski definition) is 5. The van der Waals surface area contributed by atoms with Crippen LogP contribution < -0.4 is 5.32 Å². The molecule has 4 aromatic rings. The topological polar surface area (TPSA) is 69.6 Å². The van der Waals surface area contributed by atoms with Crippen molar-refractivity contribution in [1.82, 2.24) is 4.57 Å². The van der Waals surface area contributed by atoms with E-state index in [1.807, 2.05) is 59.2 Å². The average Bonchev–Trinajstić information content (AvgIpc) is 3.13. The van der Waals surface area contributed by atoms with Gasteiger partial charge in [0.1, 0.15) is 0 Å². The van der Waals surface area contributed by atoms with Gasteiger partial charge in [0.15, 0.2) is 5.69 Å². The monoisotopic (exact) mass is 442 g/mol. The molecule has 1 N–H and O–H groups in total. The third-order valence-electron chi connectivity index (χ3n) is 5.29. The quantitative estimate of drug-likeness (QED) is 0.350. The van der Waals surface area contributed by atoms with Crippen LogP contribution in [-0.4, -0.2) is 29.7 Å². The van der Waals surface area contributed by atoms with E-state index in [4.69, 9.17) is 9.47 Å². The molecule has 33 heavy (non-hydrogen) atoms. The Labute approximate surface area is 192 Å². The van der Waals surface area contributed by atoms with E-state index in [0.29, 0.717) is 30.1 Å². The van der Waals surface area contributed by atoms with Gasteiger partial charge in [0.2, 0.25) is 0 Å². The lowest BCUT2D eigenvalue weighted by molar-refractivity contribution is 0.0510. The highest BCUT2D eigenvalue weighted by Gasteiger charge is 2.24. The molecule has 0 aliphatic rings. The summed E-state index contributed by atoms with van der Waals surface area (Å²) in [5.74, 6) is -0.758. The molecule has 0 atom stereocenters. The summed E-state index contributed by atoms with van der Waals surface area (Å²) in [5.41, 5.74) is 4.35. The minimum atomic E-state index is -0.393. The Morgan fingerprint density at radius 1 is 0.788 bits per heavy atom. The zero-order chi connectivity index (χ0) is 23.2. The Morgan fingerprint density at radius 3 is 2.12 bits per heavy atom. The normalized spacial score (nSPS) is 10.7. The third-order valence-corrected chi connectivity index (χ3v) is 5.29. The van der Waals surface area contributed by atoms with Crippen LogP contribution in [0.3, 0.4) is 0 Å². The first-order chi connectivity index (χ1) is 16.1. The van der Waals surface area contributed by atoms with E-state index < -0.39 is 5.97 Å². The molecule has 0 bridgehead atoms. The second-order valence-corrected chi connectivity index (χ2v) is 7.46. The summed E-state index contributed by atoms with van der Waals surface area (Å²) in [7, 11) is 0. The third kappa shape index (κ3) is 4.75. The van der Waals surface area contributed by atoms with E-state index in [2.05, 4.69) is 5.32 Å². The molecule has 6 nitrogen and oxygen atoms in total. The highest BCUT2D eigenvalue weighted by molar-refractivity contribution is 6.08. The number of anilines is 2. The van der Waals surface area contributed by atoms with E-state index in [9.17, 15) is 9.59 Å². The Kier molecular flexibility index (Phi) is 6.74. The van der Waals surface area contributed by atoms with Crippen LogP contribution in [0.25, 0.3) is 10.9 Å². The van der Waals surface area contributed by atoms with Crippen LogP contribution in [0.5, 0.6) is 0 Å². The summed E-state index contributed by atoms with van der Waals surface area (Å²) in [4.78, 5) is 25.1. The summed E-state index contributed by atoms with van der Waals surface area (Å²) in [5, 5.41) is 4.29. The highest BCUT2D eigenvalue weighted by atomic mass is 16.5. The Balaban J connectivity index is 1.79. The summed E-state index contributed by atoms with van der Waals surface area (Å²) in [6.45, 7) is 4.69. The van der Waals surface area contributed by atoms with Crippen molar-refractivity contribution < 1.29 is 19.1 Å². The zero-order valence-corrected chi connectivity index (χ0v) is 18.7. The van der Waals surface area contributed by atoms with Gasteiger partial charge < -0.3 is 19.4 Å². The molecule has 1 aromatic heterocycles. The number of nitrogens with one attached hydrogen (secondary N) is 1. The maximum absolute atomic E-state index is 13.1. The van der Waals surface area contributed by atoms with Crippen molar-refractivity contribution in [3.8, 4) is 0 Å². The van der Waals surface area contributed by atoms with Crippen LogP contribution in [0.2, 0.25) is 0 Å². The van der Waals surface area contributed by atoms with Gasteiger partial charge in [-0.2, -0.15) is 0 Å². The maximum atomic E-state index is 13.1. The van der Waals surface area contributed by atoms with Crippen molar-refractivity contribution in [2.24, 2.45) is 0 Å². The Morgan fingerprint density at radius 2 is 1.42 bits per heavy atom. The molecular weight excluding hydrogens is 416 g/mol. The van der Waals surface area contributed by atoms with E-state index in [1.165, 1.54) is 0 Å². The number of hydrogen-bond donors (Lipinski definition) is 1. The van der Waals surface area contributed by atoms with Crippen molar-refractivity contribution in [2.75, 3.05) is 18.5 Å². The smallest absolute Gasteiger partial charge is 0.357 e. The lowest BCUT2D eigenvalue weighted by Crippen LogP contribution is -2.14. The molecule has 0 unspecified atom stereocenters. The summed E-state index contributed by atoms with van der Waals surface area (Å²) < 4.78 is 12.5. The highest BCUT2D eigenvalue weighted by Crippen LogP contribution is 2.35. The van der Waals surface area contributed by atoms with Gasteiger partial charge in [0.05, 0.1) is 30.0 Å². The van der Waals surface area contributed by atoms with Crippen molar-refractivity contribution in [3.63, 3.8) is 0 Å². The number of esters is 2. The number of ether oxygens (including phenoxy) is 2. The lowest BCUT2D eigenvalue weighted by Gasteiger charge is -2.13. The number of carbonyl (C=O) groups is 2. The fraction of sp³-hybridized carbons (Fsp3) is 0.185. The second kappa shape index (κ2) is 10.0. The number of nitrogens with zero attached hydrogens (tertiary/aromatic N) is 1. The van der Waals surface area contributed by atoms with Crippen LogP contribution in [0.1, 0.15) is 40.3 Å². The number of rotatable bonds is 8. The molecule has 0 aliphatic carbocycles. The molecule has 0 saturated carbocycles. The van der Waals surface area contributed by atoms with Crippen molar-refractivity contribution in [1.29, 1.82) is 0 Å². The Hall–Kier alpha value is -4.06. The van der Waals surface area contributed by atoms with Gasteiger partial charge in [-0.3, -0.25) is 0 Å². The molecule has 0 amide bonds. The number of para-hydroxylation sites is 1. The fourth-order valence-corrected chi connectivity index (χ4v) is 3.82. The molecule has 168 valence electrons. The predicted molar refractivity (Wildman–Crippen MR) is 129 cm³/mol. The van der Waals surface area contributed by atoms with Gasteiger partial charge in [-0.1, -0.05) is 48.5 Å². The molecule has 0 spiro atoms. The van der Waals surface area contributed by atoms with Crippen molar-refractivity contribution in [3.05, 3.63) is 95.7 Å². The standard InChI is InChI=1S/C27H26N2O4/c1-3-32-26(30)20-14-16-21(17-15-20)28-24-22-12-8-9-13-23(22)29(25(24)27(31)33-4-2)18-19-10-6-5-7-11-19/h5-17,28H,3-4,18H2,1-2H3. The number of aromatic nitrogens is 1. The first-order valence-corrected chi connectivity index (χ1v) is 11.0. The molecule has 1 heterocycles. The van der Waals surface area contributed by atoms with E-state index in [0.717, 1.165) is 22.2 Å². The first-order valence-electron chi connectivity index (χ1n) is 11.0. The minimum Gasteiger partial charge on any atom is -0.462 e. The second-order valence-electron chi connectivity index (χ2n) is 7.46. The van der Waals surface area contributed by atoms with Gasteiger partial charge in [-0.25, -0.2) is 9.59 Å². The minimum absolute atomic E-state index is 0.277. The van der Waals surface area contributed by atoms with Crippen LogP contribution >= 0.6 is 0 Å². The lowest BCUT2D eigenvalue weighted by atomic mass is 10.2. The summed E-state index contributed by atoms with van der Waals surface area (Å²) in [6.07, 6.45) is 0. The van der Waals surface area contributed by atoms with E-state index >= 15 is 0 Å². The molecule has 3 aromatic carbocycles. The van der Waals surface area contributed by atoms with E-state index in [-0.39, 0.29) is 12.6 Å². The molecule has 0 aliphatic heterocycles. The van der Waals surface area contributed by atoms with Crippen LogP contribution in [0.15, 0.2) is 78.9 Å². The van der Waals surface area contributed by atoms with Gasteiger partial charge >= 0.3 is 11.9 Å². The fourth-order valence-electron chi connectivity index (χ4n) is 3.82. The molecule has 4 rings (SSSR count). The number of benzene rings is 3.